The SMILES string of the molecule is C=CCNC(=O)N1CCc2nc(NC(=O)c3ccsc3)sc2C1. The summed E-state index contributed by atoms with van der Waals surface area (Å²) < 4.78 is 0. The number of fused-ring (bicyclic) bond motifs is 1. The number of rotatable bonds is 4. The van der Waals surface area contributed by atoms with Crippen molar-refractivity contribution < 1.29 is 9.59 Å². The molecule has 0 fully saturated rings. The maximum absolute atomic E-state index is 12.1. The number of thiazole rings is 1. The standard InChI is InChI=1S/C15H16N4O2S2/c1-2-5-16-15(21)19-6-3-11-12(8-19)23-14(17-11)18-13(20)10-4-7-22-9-10/h2,4,7,9H,1,3,5-6,8H2,(H,16,21)(H,17,18,20). The molecule has 2 aromatic heterocycles. The molecule has 2 aromatic rings. The Kier molecular flexibility index (Phi) is 4.73. The van der Waals surface area contributed by atoms with E-state index in [0.29, 0.717) is 36.8 Å². The third-order valence-electron chi connectivity index (χ3n) is 3.42. The lowest BCUT2D eigenvalue weighted by atomic mass is 10.2. The molecule has 0 aliphatic carbocycles. The molecule has 0 atom stereocenters. The summed E-state index contributed by atoms with van der Waals surface area (Å²) in [7, 11) is 0. The molecule has 0 aromatic carbocycles. The van der Waals surface area contributed by atoms with Gasteiger partial charge in [-0.05, 0) is 11.4 Å². The molecular formula is C15H16N4O2S2. The number of hydrogen-bond acceptors (Lipinski definition) is 5. The fraction of sp³-hybridized carbons (Fsp3) is 0.267. The Hall–Kier alpha value is -2.19. The van der Waals surface area contributed by atoms with Crippen molar-refractivity contribution in [2.75, 3.05) is 18.4 Å². The van der Waals surface area contributed by atoms with Crippen LogP contribution in [0.25, 0.3) is 0 Å². The highest BCUT2D eigenvalue weighted by Crippen LogP contribution is 2.28. The highest BCUT2D eigenvalue weighted by Gasteiger charge is 2.24. The van der Waals surface area contributed by atoms with E-state index in [0.717, 1.165) is 10.6 Å². The smallest absolute Gasteiger partial charge is 0.317 e. The molecule has 3 heterocycles. The fourth-order valence-electron chi connectivity index (χ4n) is 2.26. The Balaban J connectivity index is 1.65. The van der Waals surface area contributed by atoms with Crippen molar-refractivity contribution in [1.29, 1.82) is 0 Å². The van der Waals surface area contributed by atoms with E-state index in [9.17, 15) is 9.59 Å². The fourth-order valence-corrected chi connectivity index (χ4v) is 3.91. The number of carbonyl (C=O) groups is 2. The summed E-state index contributed by atoms with van der Waals surface area (Å²) in [6.07, 6.45) is 2.35. The molecule has 3 rings (SSSR count). The number of carbonyl (C=O) groups excluding carboxylic acids is 2. The molecule has 0 spiro atoms. The van der Waals surface area contributed by atoms with Crippen LogP contribution in [0.5, 0.6) is 0 Å². The first-order valence-electron chi connectivity index (χ1n) is 7.13. The van der Waals surface area contributed by atoms with E-state index in [1.807, 2.05) is 5.38 Å². The number of amides is 3. The van der Waals surface area contributed by atoms with Crippen LogP contribution in [0.1, 0.15) is 20.9 Å². The third-order valence-corrected chi connectivity index (χ3v) is 5.10. The van der Waals surface area contributed by atoms with Gasteiger partial charge in [-0.15, -0.1) is 6.58 Å². The molecule has 0 saturated carbocycles. The zero-order chi connectivity index (χ0) is 16.2. The Morgan fingerprint density at radius 3 is 3.09 bits per heavy atom. The highest BCUT2D eigenvalue weighted by atomic mass is 32.1. The summed E-state index contributed by atoms with van der Waals surface area (Å²) in [5.41, 5.74) is 1.59. The Morgan fingerprint density at radius 1 is 1.48 bits per heavy atom. The van der Waals surface area contributed by atoms with Crippen LogP contribution >= 0.6 is 22.7 Å². The number of hydrogen-bond donors (Lipinski definition) is 2. The Bertz CT molecular complexity index is 724. The van der Waals surface area contributed by atoms with E-state index in [-0.39, 0.29) is 11.9 Å². The molecule has 0 saturated heterocycles. The van der Waals surface area contributed by atoms with Crippen molar-refractivity contribution in [1.82, 2.24) is 15.2 Å². The second-order valence-corrected chi connectivity index (χ2v) is 6.86. The summed E-state index contributed by atoms with van der Waals surface area (Å²) in [6, 6.07) is 1.67. The molecule has 6 nitrogen and oxygen atoms in total. The Labute approximate surface area is 141 Å². The number of anilines is 1. The molecule has 0 bridgehead atoms. The van der Waals surface area contributed by atoms with E-state index in [1.165, 1.54) is 22.7 Å². The minimum absolute atomic E-state index is 0.104. The predicted octanol–water partition coefficient (Wildman–Crippen LogP) is 2.71. The first-order valence-corrected chi connectivity index (χ1v) is 8.89. The van der Waals surface area contributed by atoms with Crippen LogP contribution in [0, 0.1) is 0 Å². The molecule has 3 amide bonds. The molecule has 0 unspecified atom stereocenters. The maximum atomic E-state index is 12.1. The quantitative estimate of drug-likeness (QED) is 0.834. The van der Waals surface area contributed by atoms with E-state index in [4.69, 9.17) is 0 Å². The van der Waals surface area contributed by atoms with Gasteiger partial charge >= 0.3 is 6.03 Å². The van der Waals surface area contributed by atoms with Gasteiger partial charge in [0.15, 0.2) is 5.13 Å². The van der Waals surface area contributed by atoms with Crippen molar-refractivity contribution >= 4 is 39.7 Å². The summed E-state index contributed by atoms with van der Waals surface area (Å²) in [5, 5.41) is 9.84. The average molecular weight is 348 g/mol. The van der Waals surface area contributed by atoms with Gasteiger partial charge in [-0.25, -0.2) is 9.78 Å². The summed E-state index contributed by atoms with van der Waals surface area (Å²) in [5.74, 6) is -0.155. The van der Waals surface area contributed by atoms with Crippen LogP contribution in [0.15, 0.2) is 29.5 Å². The van der Waals surface area contributed by atoms with Crippen LogP contribution in [0.4, 0.5) is 9.93 Å². The van der Waals surface area contributed by atoms with Crippen molar-refractivity contribution in [3.05, 3.63) is 45.6 Å². The maximum Gasteiger partial charge on any atom is 0.317 e. The van der Waals surface area contributed by atoms with E-state index in [2.05, 4.69) is 22.2 Å². The molecule has 8 heteroatoms. The summed E-state index contributed by atoms with van der Waals surface area (Å²) in [6.45, 7) is 5.18. The molecule has 1 aliphatic heterocycles. The largest absolute Gasteiger partial charge is 0.335 e. The van der Waals surface area contributed by atoms with Gasteiger partial charge in [0, 0.05) is 29.8 Å². The van der Waals surface area contributed by atoms with Crippen molar-refractivity contribution in [3.63, 3.8) is 0 Å². The second kappa shape index (κ2) is 6.93. The molecule has 1 aliphatic rings. The number of nitrogens with zero attached hydrogens (tertiary/aromatic N) is 2. The average Bonchev–Trinajstić information content (AvgIpc) is 3.20. The van der Waals surface area contributed by atoms with Gasteiger partial charge in [0.1, 0.15) is 0 Å². The van der Waals surface area contributed by atoms with Crippen LogP contribution < -0.4 is 10.6 Å². The third kappa shape index (κ3) is 3.59. The van der Waals surface area contributed by atoms with Crippen molar-refractivity contribution in [3.8, 4) is 0 Å². The lowest BCUT2D eigenvalue weighted by Crippen LogP contribution is -2.42. The van der Waals surface area contributed by atoms with Crippen molar-refractivity contribution in [2.45, 2.75) is 13.0 Å². The molecular weight excluding hydrogens is 332 g/mol. The zero-order valence-electron chi connectivity index (χ0n) is 12.4. The highest BCUT2D eigenvalue weighted by molar-refractivity contribution is 7.16. The normalized spacial score (nSPS) is 13.3. The van der Waals surface area contributed by atoms with Gasteiger partial charge in [0.25, 0.3) is 5.91 Å². The van der Waals surface area contributed by atoms with E-state index < -0.39 is 0 Å². The first-order chi connectivity index (χ1) is 11.2. The van der Waals surface area contributed by atoms with Gasteiger partial charge in [-0.1, -0.05) is 17.4 Å². The topological polar surface area (TPSA) is 74.3 Å². The predicted molar refractivity (Wildman–Crippen MR) is 92.1 cm³/mol. The van der Waals surface area contributed by atoms with Gasteiger partial charge < -0.3 is 10.2 Å². The monoisotopic (exact) mass is 348 g/mol. The number of aromatic nitrogens is 1. The summed E-state index contributed by atoms with van der Waals surface area (Å²) in [4.78, 5) is 31.3. The molecule has 2 N–H and O–H groups in total. The number of nitrogens with one attached hydrogen (secondary N) is 2. The molecule has 0 radical (unpaired) electrons. The van der Waals surface area contributed by atoms with Crippen LogP contribution in [-0.4, -0.2) is 34.9 Å². The minimum atomic E-state index is -0.155. The van der Waals surface area contributed by atoms with Gasteiger partial charge in [-0.3, -0.25) is 10.1 Å². The van der Waals surface area contributed by atoms with E-state index >= 15 is 0 Å². The van der Waals surface area contributed by atoms with E-state index in [1.54, 1.807) is 22.4 Å². The minimum Gasteiger partial charge on any atom is -0.335 e. The van der Waals surface area contributed by atoms with Crippen molar-refractivity contribution in [2.24, 2.45) is 0 Å². The van der Waals surface area contributed by atoms with Crippen LogP contribution in [0.2, 0.25) is 0 Å². The second-order valence-electron chi connectivity index (χ2n) is 5.00. The first kappa shape index (κ1) is 15.7. The molecule has 23 heavy (non-hydrogen) atoms. The lowest BCUT2D eigenvalue weighted by molar-refractivity contribution is 0.102. The van der Waals surface area contributed by atoms with Crippen LogP contribution in [-0.2, 0) is 13.0 Å². The molecule has 120 valence electrons. The van der Waals surface area contributed by atoms with Gasteiger partial charge in [0.05, 0.1) is 17.8 Å². The Morgan fingerprint density at radius 2 is 2.35 bits per heavy atom. The number of thiophene rings is 1. The van der Waals surface area contributed by atoms with Gasteiger partial charge in [-0.2, -0.15) is 11.3 Å². The van der Waals surface area contributed by atoms with Gasteiger partial charge in [0.2, 0.25) is 0 Å². The lowest BCUT2D eigenvalue weighted by Gasteiger charge is -2.25. The van der Waals surface area contributed by atoms with Crippen LogP contribution in [0.3, 0.4) is 0 Å². The summed E-state index contributed by atoms with van der Waals surface area (Å²) >= 11 is 2.90. The number of urea groups is 1. The zero-order valence-corrected chi connectivity index (χ0v) is 14.0.